The number of carboxylic acids is 1. The van der Waals surface area contributed by atoms with Crippen molar-refractivity contribution in [2.45, 2.75) is 31.7 Å². The lowest BCUT2D eigenvalue weighted by Gasteiger charge is -2.25. The number of carboxylic acid groups (broad SMARTS) is 1. The fourth-order valence-electron chi connectivity index (χ4n) is 3.98. The third-order valence-corrected chi connectivity index (χ3v) is 5.67. The highest BCUT2D eigenvalue weighted by Gasteiger charge is 2.45. The molecule has 0 radical (unpaired) electrons. The van der Waals surface area contributed by atoms with Crippen LogP contribution in [0.4, 0.5) is 4.39 Å². The Hall–Kier alpha value is -3.88. The largest absolute Gasteiger partial charge is 0.507 e. The minimum Gasteiger partial charge on any atom is -0.507 e. The summed E-state index contributed by atoms with van der Waals surface area (Å²) in [6.45, 7) is 0.176. The molecule has 2 aromatic rings. The summed E-state index contributed by atoms with van der Waals surface area (Å²) in [4.78, 5) is 38.0. The number of likely N-dealkylation sites (tertiary alicyclic amines) is 1. The Kier molecular flexibility index (Phi) is 7.88. The molecule has 8 nitrogen and oxygen atoms in total. The van der Waals surface area contributed by atoms with E-state index in [1.54, 1.807) is 6.07 Å². The average Bonchev–Trinajstić information content (AvgIpc) is 3.08. The van der Waals surface area contributed by atoms with E-state index in [1.165, 1.54) is 55.5 Å². The van der Waals surface area contributed by atoms with Crippen LogP contribution in [0.3, 0.4) is 0 Å². The number of ether oxygens (including phenoxy) is 2. The Morgan fingerprint density at radius 1 is 0.971 bits per heavy atom. The number of unbranched alkanes of at least 4 members (excludes halogenated alkanes) is 2. The monoisotopic (exact) mass is 471 g/mol. The minimum atomic E-state index is -0.923. The summed E-state index contributed by atoms with van der Waals surface area (Å²) >= 11 is 0. The second-order valence-corrected chi connectivity index (χ2v) is 7.82. The van der Waals surface area contributed by atoms with Crippen molar-refractivity contribution in [3.05, 3.63) is 65.0 Å². The molecule has 0 spiro atoms. The Bertz CT molecular complexity index is 1110. The number of aliphatic carboxylic acids is 1. The Balaban J connectivity index is 2.01. The highest BCUT2D eigenvalue weighted by Crippen LogP contribution is 2.40. The third-order valence-electron chi connectivity index (χ3n) is 5.67. The van der Waals surface area contributed by atoms with Gasteiger partial charge in [-0.1, -0.05) is 18.6 Å². The molecule has 1 saturated heterocycles. The fourth-order valence-corrected chi connectivity index (χ4v) is 3.98. The SMILES string of the molecule is COc1ccc(C(O)=C2C(=O)C(=O)N(CCCCCC(=O)O)[C@@H]2c2ccc(F)cc2)cc1OC. The maximum atomic E-state index is 13.6. The van der Waals surface area contributed by atoms with Crippen molar-refractivity contribution in [3.8, 4) is 11.5 Å². The lowest BCUT2D eigenvalue weighted by Crippen LogP contribution is -2.30. The van der Waals surface area contributed by atoms with Crippen molar-refractivity contribution in [1.82, 2.24) is 4.90 Å². The molecule has 3 rings (SSSR count). The number of carbonyl (C=O) groups excluding carboxylic acids is 2. The zero-order chi connectivity index (χ0) is 24.8. The molecule has 0 bridgehead atoms. The summed E-state index contributed by atoms with van der Waals surface area (Å²) in [6, 6.07) is 9.05. The van der Waals surface area contributed by atoms with Crippen molar-refractivity contribution in [3.63, 3.8) is 0 Å². The van der Waals surface area contributed by atoms with E-state index >= 15 is 0 Å². The van der Waals surface area contributed by atoms with Gasteiger partial charge in [0.25, 0.3) is 11.7 Å². The molecule has 9 heteroatoms. The standard InChI is InChI=1S/C25H26FNO7/c1-33-18-12-9-16(14-19(18)34-2)23(30)21-22(15-7-10-17(26)11-8-15)27(25(32)24(21)31)13-5-3-4-6-20(28)29/h7-12,14,22,30H,3-6,13H2,1-2H3,(H,28,29)/t22-/m1/s1. The quantitative estimate of drug-likeness (QED) is 0.234. The van der Waals surface area contributed by atoms with E-state index in [4.69, 9.17) is 14.6 Å². The number of ketones is 1. The number of methoxy groups -OCH3 is 2. The maximum absolute atomic E-state index is 13.6. The molecule has 1 amide bonds. The zero-order valence-electron chi connectivity index (χ0n) is 18.9. The number of benzene rings is 2. The lowest BCUT2D eigenvalue weighted by molar-refractivity contribution is -0.140. The summed E-state index contributed by atoms with van der Waals surface area (Å²) in [6.07, 6.45) is 1.46. The molecule has 0 saturated carbocycles. The Labute approximate surface area is 196 Å². The van der Waals surface area contributed by atoms with E-state index in [0.29, 0.717) is 36.3 Å². The Morgan fingerprint density at radius 2 is 1.65 bits per heavy atom. The zero-order valence-corrected chi connectivity index (χ0v) is 18.9. The van der Waals surface area contributed by atoms with Gasteiger partial charge in [0.1, 0.15) is 11.6 Å². The number of Topliss-reactive ketones (excluding diaryl/α,β-unsaturated/α-hetero) is 1. The van der Waals surface area contributed by atoms with Crippen LogP contribution in [0.5, 0.6) is 11.5 Å². The van der Waals surface area contributed by atoms with Crippen molar-refractivity contribution in [2.75, 3.05) is 20.8 Å². The first-order chi connectivity index (χ1) is 16.3. The van der Waals surface area contributed by atoms with E-state index in [-0.39, 0.29) is 29.9 Å². The van der Waals surface area contributed by atoms with Crippen LogP contribution >= 0.6 is 0 Å². The van der Waals surface area contributed by atoms with Crippen molar-refractivity contribution < 1.29 is 38.5 Å². The van der Waals surface area contributed by atoms with Crippen LogP contribution < -0.4 is 9.47 Å². The first kappa shape index (κ1) is 24.8. The van der Waals surface area contributed by atoms with Gasteiger partial charge >= 0.3 is 5.97 Å². The van der Waals surface area contributed by atoms with Crippen LogP contribution in [0, 0.1) is 5.82 Å². The Morgan fingerprint density at radius 3 is 2.26 bits per heavy atom. The number of hydrogen-bond donors (Lipinski definition) is 2. The smallest absolute Gasteiger partial charge is 0.303 e. The molecule has 180 valence electrons. The fraction of sp³-hybridized carbons (Fsp3) is 0.320. The van der Waals surface area contributed by atoms with Gasteiger partial charge in [-0.2, -0.15) is 0 Å². The summed E-state index contributed by atoms with van der Waals surface area (Å²) < 4.78 is 24.0. The van der Waals surface area contributed by atoms with Gasteiger partial charge in [0.15, 0.2) is 11.5 Å². The van der Waals surface area contributed by atoms with Gasteiger partial charge in [-0.15, -0.1) is 0 Å². The number of rotatable bonds is 10. The molecule has 2 N–H and O–H groups in total. The third kappa shape index (κ3) is 5.19. The normalized spacial score (nSPS) is 17.1. The molecule has 0 aromatic heterocycles. The molecule has 1 aliphatic rings. The first-order valence-electron chi connectivity index (χ1n) is 10.8. The number of aliphatic hydroxyl groups is 1. The van der Waals surface area contributed by atoms with Crippen molar-refractivity contribution in [2.24, 2.45) is 0 Å². The number of nitrogens with zero attached hydrogens (tertiary/aromatic N) is 1. The van der Waals surface area contributed by atoms with Gasteiger partial charge in [0, 0.05) is 18.5 Å². The molecule has 34 heavy (non-hydrogen) atoms. The molecule has 1 atom stereocenters. The summed E-state index contributed by atoms with van der Waals surface area (Å²) in [5.74, 6) is -2.65. The number of carbonyl (C=O) groups is 3. The van der Waals surface area contributed by atoms with Crippen LogP contribution in [0.2, 0.25) is 0 Å². The molecular formula is C25H26FNO7. The van der Waals surface area contributed by atoms with Gasteiger partial charge in [-0.25, -0.2) is 4.39 Å². The van der Waals surface area contributed by atoms with Crippen LogP contribution in [-0.2, 0) is 14.4 Å². The van der Waals surface area contributed by atoms with Crippen LogP contribution in [-0.4, -0.2) is 53.5 Å². The number of halogens is 1. The van der Waals surface area contributed by atoms with Crippen LogP contribution in [0.25, 0.3) is 5.76 Å². The lowest BCUT2D eigenvalue weighted by atomic mass is 9.95. The molecule has 1 heterocycles. The average molecular weight is 471 g/mol. The van der Waals surface area contributed by atoms with Gasteiger partial charge in [-0.3, -0.25) is 14.4 Å². The predicted octanol–water partition coefficient (Wildman–Crippen LogP) is 3.91. The summed E-state index contributed by atoms with van der Waals surface area (Å²) in [7, 11) is 2.90. The van der Waals surface area contributed by atoms with E-state index < -0.39 is 29.5 Å². The maximum Gasteiger partial charge on any atom is 0.303 e. The van der Waals surface area contributed by atoms with Crippen molar-refractivity contribution in [1.29, 1.82) is 0 Å². The molecule has 1 fully saturated rings. The highest BCUT2D eigenvalue weighted by atomic mass is 19.1. The molecular weight excluding hydrogens is 445 g/mol. The molecule has 2 aromatic carbocycles. The van der Waals surface area contributed by atoms with Crippen LogP contribution in [0.1, 0.15) is 42.9 Å². The number of hydrogen-bond acceptors (Lipinski definition) is 6. The molecule has 1 aliphatic heterocycles. The van der Waals surface area contributed by atoms with Gasteiger partial charge in [-0.05, 0) is 48.7 Å². The van der Waals surface area contributed by atoms with Gasteiger partial charge in [0.2, 0.25) is 0 Å². The van der Waals surface area contributed by atoms with E-state index in [2.05, 4.69) is 0 Å². The van der Waals surface area contributed by atoms with Gasteiger partial charge in [0.05, 0.1) is 25.8 Å². The highest BCUT2D eigenvalue weighted by molar-refractivity contribution is 6.46. The number of aliphatic hydroxyl groups excluding tert-OH is 1. The van der Waals surface area contributed by atoms with E-state index in [1.807, 2.05) is 0 Å². The molecule has 0 aliphatic carbocycles. The second kappa shape index (κ2) is 10.8. The minimum absolute atomic E-state index is 0.0134. The molecule has 0 unspecified atom stereocenters. The first-order valence-corrected chi connectivity index (χ1v) is 10.8. The van der Waals surface area contributed by atoms with E-state index in [9.17, 15) is 23.9 Å². The van der Waals surface area contributed by atoms with E-state index in [0.717, 1.165) is 0 Å². The van der Waals surface area contributed by atoms with Crippen LogP contribution in [0.15, 0.2) is 48.0 Å². The van der Waals surface area contributed by atoms with Crippen molar-refractivity contribution >= 4 is 23.4 Å². The summed E-state index contributed by atoms with van der Waals surface area (Å²) in [5.41, 5.74) is 0.603. The topological polar surface area (TPSA) is 113 Å². The predicted molar refractivity (Wildman–Crippen MR) is 121 cm³/mol. The number of amides is 1. The van der Waals surface area contributed by atoms with Gasteiger partial charge < -0.3 is 24.6 Å². The second-order valence-electron chi connectivity index (χ2n) is 7.82. The summed E-state index contributed by atoms with van der Waals surface area (Å²) in [5, 5.41) is 19.9.